The first-order valence-corrected chi connectivity index (χ1v) is 6.47. The molecule has 0 radical (unpaired) electrons. The van der Waals surface area contributed by atoms with Crippen LogP contribution in [0.1, 0.15) is 29.7 Å². The van der Waals surface area contributed by atoms with Crippen LogP contribution < -0.4 is 10.1 Å². The summed E-state index contributed by atoms with van der Waals surface area (Å²) in [4.78, 5) is 4.20. The van der Waals surface area contributed by atoms with Crippen LogP contribution in [0.3, 0.4) is 0 Å². The van der Waals surface area contributed by atoms with E-state index in [1.54, 1.807) is 7.11 Å². The van der Waals surface area contributed by atoms with Gasteiger partial charge in [-0.3, -0.25) is 4.98 Å². The van der Waals surface area contributed by atoms with E-state index in [0.717, 1.165) is 12.3 Å². The first-order chi connectivity index (χ1) is 9.19. The number of hydrogen-bond donors (Lipinski definition) is 1. The summed E-state index contributed by atoms with van der Waals surface area (Å²) in [6.45, 7) is 5.04. The molecule has 0 aliphatic carbocycles. The zero-order valence-corrected chi connectivity index (χ0v) is 11.7. The lowest BCUT2D eigenvalue weighted by molar-refractivity contribution is 0.414. The monoisotopic (exact) mass is 256 g/mol. The maximum absolute atomic E-state index is 5.16. The lowest BCUT2D eigenvalue weighted by Gasteiger charge is -2.14. The van der Waals surface area contributed by atoms with Gasteiger partial charge in [-0.25, -0.2) is 0 Å². The van der Waals surface area contributed by atoms with Gasteiger partial charge in [-0.15, -0.1) is 0 Å². The average Bonchev–Trinajstić information content (AvgIpc) is 2.45. The van der Waals surface area contributed by atoms with Crippen molar-refractivity contribution >= 4 is 0 Å². The van der Waals surface area contributed by atoms with Crippen LogP contribution in [0.5, 0.6) is 5.75 Å². The molecule has 0 amide bonds. The van der Waals surface area contributed by atoms with Gasteiger partial charge in [0.25, 0.3) is 0 Å². The lowest BCUT2D eigenvalue weighted by Crippen LogP contribution is -2.18. The second-order valence-corrected chi connectivity index (χ2v) is 4.75. The fourth-order valence-corrected chi connectivity index (χ4v) is 2.00. The molecular formula is C16H20N2O. The van der Waals surface area contributed by atoms with Crippen LogP contribution >= 0.6 is 0 Å². The molecule has 0 aliphatic heterocycles. The van der Waals surface area contributed by atoms with Crippen molar-refractivity contribution in [2.24, 2.45) is 0 Å². The van der Waals surface area contributed by atoms with Gasteiger partial charge in [-0.2, -0.15) is 0 Å². The van der Waals surface area contributed by atoms with Crippen LogP contribution in [0.25, 0.3) is 0 Å². The molecule has 0 unspecified atom stereocenters. The van der Waals surface area contributed by atoms with E-state index >= 15 is 0 Å². The summed E-state index contributed by atoms with van der Waals surface area (Å²) in [5, 5.41) is 3.50. The minimum absolute atomic E-state index is 0.298. The van der Waals surface area contributed by atoms with E-state index in [1.807, 2.05) is 24.5 Å². The summed E-state index contributed by atoms with van der Waals surface area (Å²) in [6.07, 6.45) is 3.77. The number of ether oxygens (including phenoxy) is 1. The smallest absolute Gasteiger partial charge is 0.118 e. The molecule has 0 fully saturated rings. The molecule has 0 saturated carbocycles. The van der Waals surface area contributed by atoms with E-state index in [1.165, 1.54) is 16.7 Å². The summed E-state index contributed by atoms with van der Waals surface area (Å²) in [6, 6.07) is 10.6. The zero-order valence-electron chi connectivity index (χ0n) is 11.7. The van der Waals surface area contributed by atoms with Crippen molar-refractivity contribution in [3.8, 4) is 5.75 Å². The van der Waals surface area contributed by atoms with Gasteiger partial charge in [0, 0.05) is 25.0 Å². The molecular weight excluding hydrogens is 236 g/mol. The second-order valence-electron chi connectivity index (χ2n) is 4.75. The van der Waals surface area contributed by atoms with Gasteiger partial charge in [0.05, 0.1) is 7.11 Å². The predicted molar refractivity (Wildman–Crippen MR) is 77.2 cm³/mol. The Morgan fingerprint density at radius 3 is 2.58 bits per heavy atom. The molecule has 0 saturated heterocycles. The molecule has 0 spiro atoms. The summed E-state index contributed by atoms with van der Waals surface area (Å²) in [5.74, 6) is 0.888. The Morgan fingerprint density at radius 1 is 1.21 bits per heavy atom. The molecule has 1 atom stereocenters. The minimum atomic E-state index is 0.298. The van der Waals surface area contributed by atoms with E-state index in [2.05, 4.69) is 42.3 Å². The summed E-state index contributed by atoms with van der Waals surface area (Å²) in [7, 11) is 1.68. The maximum Gasteiger partial charge on any atom is 0.118 e. The number of hydrogen-bond acceptors (Lipinski definition) is 3. The molecule has 0 bridgehead atoms. The highest BCUT2D eigenvalue weighted by Crippen LogP contribution is 2.17. The Kier molecular flexibility index (Phi) is 4.53. The third-order valence-corrected chi connectivity index (χ3v) is 3.16. The minimum Gasteiger partial charge on any atom is -0.497 e. The van der Waals surface area contributed by atoms with Gasteiger partial charge in [-0.1, -0.05) is 18.2 Å². The van der Waals surface area contributed by atoms with E-state index in [-0.39, 0.29) is 0 Å². The Bertz CT molecular complexity index is 523. The van der Waals surface area contributed by atoms with E-state index in [9.17, 15) is 0 Å². The average molecular weight is 256 g/mol. The Labute approximate surface area is 114 Å². The molecule has 3 heteroatoms. The van der Waals surface area contributed by atoms with Gasteiger partial charge in [0.1, 0.15) is 5.75 Å². The molecule has 1 aromatic carbocycles. The van der Waals surface area contributed by atoms with E-state index in [0.29, 0.717) is 6.04 Å². The van der Waals surface area contributed by atoms with Crippen LogP contribution in [0, 0.1) is 6.92 Å². The van der Waals surface area contributed by atoms with Crippen LogP contribution in [0.15, 0.2) is 42.7 Å². The van der Waals surface area contributed by atoms with Gasteiger partial charge < -0.3 is 10.1 Å². The third-order valence-electron chi connectivity index (χ3n) is 3.16. The van der Waals surface area contributed by atoms with Crippen molar-refractivity contribution in [3.63, 3.8) is 0 Å². The number of aromatic nitrogens is 1. The maximum atomic E-state index is 5.16. The number of nitrogens with one attached hydrogen (secondary N) is 1. The topological polar surface area (TPSA) is 34.1 Å². The Hall–Kier alpha value is -1.87. The van der Waals surface area contributed by atoms with Crippen molar-refractivity contribution in [1.82, 2.24) is 10.3 Å². The molecule has 19 heavy (non-hydrogen) atoms. The lowest BCUT2D eigenvalue weighted by atomic mass is 10.1. The number of rotatable bonds is 5. The highest BCUT2D eigenvalue weighted by atomic mass is 16.5. The molecule has 100 valence electrons. The van der Waals surface area contributed by atoms with Gasteiger partial charge in [0.15, 0.2) is 0 Å². The van der Waals surface area contributed by atoms with E-state index in [4.69, 9.17) is 4.74 Å². The first kappa shape index (κ1) is 13.6. The fraction of sp³-hybridized carbons (Fsp3) is 0.312. The number of benzene rings is 1. The van der Waals surface area contributed by atoms with Crippen LogP contribution in [-0.4, -0.2) is 12.1 Å². The highest BCUT2D eigenvalue weighted by Gasteiger charge is 2.05. The number of nitrogens with zero attached hydrogens (tertiary/aromatic N) is 1. The molecule has 0 aliphatic rings. The second kappa shape index (κ2) is 6.34. The first-order valence-electron chi connectivity index (χ1n) is 6.47. The van der Waals surface area contributed by atoms with Crippen molar-refractivity contribution in [1.29, 1.82) is 0 Å². The molecule has 2 aromatic rings. The summed E-state index contributed by atoms with van der Waals surface area (Å²) in [5.41, 5.74) is 3.65. The predicted octanol–water partition coefficient (Wildman–Crippen LogP) is 3.25. The third kappa shape index (κ3) is 3.80. The normalized spacial score (nSPS) is 12.2. The number of aryl methyl sites for hydroxylation is 1. The standard InChI is InChI=1S/C16H20N2O/c1-12-8-14(10-17-9-12)11-18-13(2)15-4-6-16(19-3)7-5-15/h4-10,13,18H,11H2,1-3H3/t13-/m0/s1. The van der Waals surface area contributed by atoms with Crippen LogP contribution in [-0.2, 0) is 6.54 Å². The van der Waals surface area contributed by atoms with Crippen molar-refractivity contribution < 1.29 is 4.74 Å². The Morgan fingerprint density at radius 2 is 1.95 bits per heavy atom. The quantitative estimate of drug-likeness (QED) is 0.891. The fourth-order valence-electron chi connectivity index (χ4n) is 2.00. The SMILES string of the molecule is COc1ccc([C@H](C)NCc2cncc(C)c2)cc1. The number of methoxy groups -OCH3 is 1. The molecule has 1 heterocycles. The molecule has 1 N–H and O–H groups in total. The summed E-state index contributed by atoms with van der Waals surface area (Å²) < 4.78 is 5.16. The van der Waals surface area contributed by atoms with Crippen molar-refractivity contribution in [3.05, 3.63) is 59.4 Å². The summed E-state index contributed by atoms with van der Waals surface area (Å²) >= 11 is 0. The van der Waals surface area contributed by atoms with Gasteiger partial charge in [0.2, 0.25) is 0 Å². The Balaban J connectivity index is 1.95. The van der Waals surface area contributed by atoms with E-state index < -0.39 is 0 Å². The largest absolute Gasteiger partial charge is 0.497 e. The number of pyridine rings is 1. The van der Waals surface area contributed by atoms with Gasteiger partial charge >= 0.3 is 0 Å². The molecule has 2 rings (SSSR count). The van der Waals surface area contributed by atoms with Gasteiger partial charge in [-0.05, 0) is 42.7 Å². The molecule has 3 nitrogen and oxygen atoms in total. The van der Waals surface area contributed by atoms with Crippen molar-refractivity contribution in [2.75, 3.05) is 7.11 Å². The zero-order chi connectivity index (χ0) is 13.7. The molecule has 1 aromatic heterocycles. The van der Waals surface area contributed by atoms with Crippen LogP contribution in [0.4, 0.5) is 0 Å². The van der Waals surface area contributed by atoms with Crippen molar-refractivity contribution in [2.45, 2.75) is 26.4 Å². The van der Waals surface area contributed by atoms with Crippen LogP contribution in [0.2, 0.25) is 0 Å². The highest BCUT2D eigenvalue weighted by molar-refractivity contribution is 5.29.